The second-order valence-corrected chi connectivity index (χ2v) is 19.9. The zero-order valence-corrected chi connectivity index (χ0v) is 45.0. The second kappa shape index (κ2) is 23.6. The lowest BCUT2D eigenvalue weighted by Crippen LogP contribution is -2.32. The number of hydrogen-bond acceptors (Lipinski definition) is 9. The number of aromatic nitrogens is 4. The van der Waals surface area contributed by atoms with Crippen molar-refractivity contribution < 1.29 is 44.1 Å². The number of hydrogen-bond donors (Lipinski definition) is 5. The van der Waals surface area contributed by atoms with Crippen LogP contribution in [0, 0.1) is 13.8 Å². The predicted octanol–water partition coefficient (Wildman–Crippen LogP) is 13.0. The molecule has 0 aliphatic heterocycles. The van der Waals surface area contributed by atoms with E-state index >= 15 is 0 Å². The number of rotatable bonds is 11. The molecule has 79 heavy (non-hydrogen) atoms. The maximum atomic E-state index is 12.9. The maximum Gasteiger partial charge on any atom is 0.413 e. The highest BCUT2D eigenvalue weighted by Gasteiger charge is 2.21. The van der Waals surface area contributed by atoms with Crippen LogP contribution in [0.3, 0.4) is 0 Å². The van der Waals surface area contributed by atoms with Gasteiger partial charge < -0.3 is 39.6 Å². The zero-order valence-electron chi connectivity index (χ0n) is 44.2. The number of phenols is 1. The highest BCUT2D eigenvalue weighted by Crippen LogP contribution is 2.38. The number of carbonyl (C=O) groups is 3. The van der Waals surface area contributed by atoms with Crippen molar-refractivity contribution >= 4 is 97.1 Å². The number of aromatic hydroxyl groups is 1. The van der Waals surface area contributed by atoms with E-state index in [0.29, 0.717) is 27.5 Å². The topological polar surface area (TPSA) is 197 Å². The predicted molar refractivity (Wildman–Crippen MR) is 312 cm³/mol. The number of benzene rings is 8. The van der Waals surface area contributed by atoms with Crippen LogP contribution in [0.15, 0.2) is 186 Å². The third-order valence-corrected chi connectivity index (χ3v) is 14.5. The lowest BCUT2D eigenvalue weighted by molar-refractivity contribution is -0.646. The normalized spacial score (nSPS) is 11.1. The molecule has 0 radical (unpaired) electrons. The summed E-state index contributed by atoms with van der Waals surface area (Å²) in [5.74, 6) is -3.34. The van der Waals surface area contributed by atoms with Gasteiger partial charge in [-0.3, -0.25) is 5.32 Å². The SMILES string of the molecule is COC(=O)Nc1nc2ccc(Sc3ccccc3)cc2[nH]1.Cc1cc(C=Cc2ccc3cc(N(C)C)ccc3[n+]2C)c(C)n1-c1ccccc1.O=C(O)c1cc2ccccc2c(Cc2c(O)c(C(=O)O)cc3ccccc23)c1[O-]. The van der Waals surface area contributed by atoms with E-state index < -0.39 is 29.5 Å². The van der Waals surface area contributed by atoms with E-state index in [4.69, 9.17) is 0 Å². The molecule has 0 fully saturated rings. The van der Waals surface area contributed by atoms with Crippen molar-refractivity contribution in [3.63, 3.8) is 0 Å². The van der Waals surface area contributed by atoms with Crippen molar-refractivity contribution in [3.05, 3.63) is 221 Å². The van der Waals surface area contributed by atoms with Gasteiger partial charge in [0.25, 0.3) is 0 Å². The van der Waals surface area contributed by atoms with Crippen LogP contribution in [0.25, 0.3) is 61.3 Å². The van der Waals surface area contributed by atoms with Crippen LogP contribution in [-0.4, -0.2) is 69.1 Å². The number of methoxy groups -OCH3 is 1. The highest BCUT2D eigenvalue weighted by molar-refractivity contribution is 7.99. The van der Waals surface area contributed by atoms with Crippen LogP contribution in [0.4, 0.5) is 16.4 Å². The fourth-order valence-electron chi connectivity index (χ4n) is 9.51. The number of aromatic carboxylic acids is 2. The Kier molecular flexibility index (Phi) is 16.1. The molecular formula is C64H56N6O8S. The molecule has 1 amide bonds. The minimum absolute atomic E-state index is 0.103. The van der Waals surface area contributed by atoms with Crippen LogP contribution >= 0.6 is 11.8 Å². The fraction of sp³-hybridized carbons (Fsp3) is 0.109. The number of anilines is 2. The van der Waals surface area contributed by atoms with Crippen LogP contribution in [0.5, 0.6) is 11.5 Å². The van der Waals surface area contributed by atoms with Crippen molar-refractivity contribution in [3.8, 4) is 17.2 Å². The average molecular weight is 1070 g/mol. The van der Waals surface area contributed by atoms with Gasteiger partial charge in [-0.25, -0.2) is 19.4 Å². The number of H-pyrrole nitrogens is 1. The Hall–Kier alpha value is -9.86. The Bertz CT molecular complexity index is 4020. The first-order valence-electron chi connectivity index (χ1n) is 25.1. The molecule has 5 N–H and O–H groups in total. The summed E-state index contributed by atoms with van der Waals surface area (Å²) in [7, 11) is 7.59. The molecule has 15 heteroatoms. The molecule has 0 bridgehead atoms. The fourth-order valence-corrected chi connectivity index (χ4v) is 10.4. The van der Waals surface area contributed by atoms with Gasteiger partial charge in [-0.05, 0) is 131 Å². The Balaban J connectivity index is 0.000000146. The van der Waals surface area contributed by atoms with Crippen LogP contribution < -0.4 is 19.9 Å². The number of para-hydroxylation sites is 1. The molecule has 0 spiro atoms. The van der Waals surface area contributed by atoms with Crippen molar-refractivity contribution in [1.82, 2.24) is 14.5 Å². The zero-order chi connectivity index (χ0) is 55.9. The first kappa shape index (κ1) is 53.9. The molecule has 3 aromatic heterocycles. The third kappa shape index (κ3) is 11.9. The molecule has 0 unspecified atom stereocenters. The van der Waals surface area contributed by atoms with Crippen molar-refractivity contribution in [2.45, 2.75) is 30.1 Å². The largest absolute Gasteiger partial charge is 0.872 e. The number of nitrogens with zero attached hydrogens (tertiary/aromatic N) is 4. The van der Waals surface area contributed by atoms with Gasteiger partial charge in [0, 0.05) is 82.2 Å². The van der Waals surface area contributed by atoms with E-state index in [2.05, 4.69) is 160 Å². The van der Waals surface area contributed by atoms with Crippen LogP contribution in [-0.2, 0) is 18.2 Å². The molecule has 0 saturated carbocycles. The minimum atomic E-state index is -1.34. The second-order valence-electron chi connectivity index (χ2n) is 18.8. The highest BCUT2D eigenvalue weighted by atomic mass is 32.2. The summed E-state index contributed by atoms with van der Waals surface area (Å²) in [6.07, 6.45) is 3.77. The number of carboxylic acid groups (broad SMARTS) is 2. The molecule has 396 valence electrons. The number of ether oxygens (including phenoxy) is 1. The van der Waals surface area contributed by atoms with E-state index in [1.54, 1.807) is 60.3 Å². The van der Waals surface area contributed by atoms with E-state index in [1.165, 1.54) is 69.1 Å². The summed E-state index contributed by atoms with van der Waals surface area (Å²) in [6.45, 7) is 4.35. The van der Waals surface area contributed by atoms with Gasteiger partial charge in [-0.1, -0.05) is 102 Å². The molecule has 0 aliphatic carbocycles. The molecule has 0 aliphatic rings. The van der Waals surface area contributed by atoms with Gasteiger partial charge in [0.05, 0.1) is 23.7 Å². The molecule has 3 heterocycles. The van der Waals surface area contributed by atoms with Gasteiger partial charge in [-0.15, -0.1) is 0 Å². The molecule has 14 nitrogen and oxygen atoms in total. The Morgan fingerprint density at radius 3 is 2.01 bits per heavy atom. The van der Waals surface area contributed by atoms with E-state index in [0.717, 1.165) is 15.9 Å². The smallest absolute Gasteiger partial charge is 0.413 e. The lowest BCUT2D eigenvalue weighted by atomic mass is 9.90. The van der Waals surface area contributed by atoms with Gasteiger partial charge in [-0.2, -0.15) is 4.57 Å². The number of nitrogens with one attached hydrogen (secondary N) is 2. The number of carbonyl (C=O) groups excluding carboxylic acids is 1. The standard InChI is InChI=1S/C26H28N3.C23H16O6.C15H13N3O2S/c1-19-17-21(20(2)29(19)24-9-7-6-8-10-24)11-13-23-14-12-22-18-25(27(3)4)15-16-26(22)28(23)5;24-20-16(14-7-3-1-5-12(14)9-18(20)22(26)27)11-17-15-8-4-2-6-13(15)10-19(21(17)25)23(28)29;1-20-15(19)18-14-16-12-8-7-11(9-13(12)17-14)21-10-5-3-2-4-6-10/h6-18H,1-5H3;1-10,24-25H,11H2,(H,26,27)(H,28,29);2-9H,1H3,(H2,16,17,18,19)/q+1;;/p-1. The van der Waals surface area contributed by atoms with Crippen molar-refractivity contribution in [1.29, 1.82) is 0 Å². The number of aryl methyl sites for hydroxylation is 2. The molecule has 0 saturated heterocycles. The van der Waals surface area contributed by atoms with Gasteiger partial charge in [0.15, 0.2) is 0 Å². The average Bonchev–Trinajstić information content (AvgIpc) is 4.05. The summed E-state index contributed by atoms with van der Waals surface area (Å²) < 4.78 is 9.10. The Morgan fingerprint density at radius 1 is 0.722 bits per heavy atom. The summed E-state index contributed by atoms with van der Waals surface area (Å²) in [5.41, 5.74) is 10.1. The summed E-state index contributed by atoms with van der Waals surface area (Å²) in [5, 5.41) is 48.6. The third-order valence-electron chi connectivity index (χ3n) is 13.5. The summed E-state index contributed by atoms with van der Waals surface area (Å²) >= 11 is 1.67. The number of imidazole rings is 1. The van der Waals surface area contributed by atoms with E-state index in [9.17, 15) is 34.8 Å². The van der Waals surface area contributed by atoms with Gasteiger partial charge in [0.2, 0.25) is 17.2 Å². The minimum Gasteiger partial charge on any atom is -0.872 e. The molecule has 0 atom stereocenters. The molecule has 11 rings (SSSR count). The van der Waals surface area contributed by atoms with E-state index in [1.807, 2.05) is 36.4 Å². The van der Waals surface area contributed by atoms with Crippen LogP contribution in [0.2, 0.25) is 0 Å². The van der Waals surface area contributed by atoms with Crippen molar-refractivity contribution in [2.24, 2.45) is 7.05 Å². The van der Waals surface area contributed by atoms with Gasteiger partial charge in [0.1, 0.15) is 18.4 Å². The van der Waals surface area contributed by atoms with Crippen LogP contribution in [0.1, 0.15) is 54.5 Å². The lowest BCUT2D eigenvalue weighted by Gasteiger charge is -2.21. The monoisotopic (exact) mass is 1070 g/mol. The first-order chi connectivity index (χ1) is 38.1. The molecular weight excluding hydrogens is 1010 g/mol. The van der Waals surface area contributed by atoms with Crippen molar-refractivity contribution in [2.75, 3.05) is 31.4 Å². The Labute approximate surface area is 460 Å². The quantitative estimate of drug-likeness (QED) is 0.0773. The van der Waals surface area contributed by atoms with E-state index in [-0.39, 0.29) is 28.7 Å². The maximum absolute atomic E-state index is 12.9. The number of amides is 1. The number of pyridine rings is 1. The summed E-state index contributed by atoms with van der Waals surface area (Å²) in [4.78, 5) is 46.1. The molecule has 8 aromatic carbocycles. The first-order valence-corrected chi connectivity index (χ1v) is 25.9. The number of aromatic amines is 1. The number of fused-ring (bicyclic) bond motifs is 4. The molecule has 11 aromatic rings. The van der Waals surface area contributed by atoms with Gasteiger partial charge >= 0.3 is 18.0 Å². The Morgan fingerprint density at radius 2 is 1.35 bits per heavy atom. The summed E-state index contributed by atoms with van der Waals surface area (Å²) in [6, 6.07) is 56.3. The number of carboxylic acids is 2.